The monoisotopic (exact) mass is 189 g/mol. The molecule has 2 rings (SSSR count). The summed E-state index contributed by atoms with van der Waals surface area (Å²) in [6.07, 6.45) is 1.85. The molecule has 1 heterocycles. The van der Waals surface area contributed by atoms with Crippen LogP contribution in [0.5, 0.6) is 0 Å². The van der Waals surface area contributed by atoms with Crippen molar-refractivity contribution in [3.8, 4) is 0 Å². The molecule has 14 heavy (non-hydrogen) atoms. The van der Waals surface area contributed by atoms with Crippen molar-refractivity contribution >= 4 is 11.0 Å². The highest BCUT2D eigenvalue weighted by molar-refractivity contribution is 5.81. The summed E-state index contributed by atoms with van der Waals surface area (Å²) < 4.78 is 5.50. The number of aryl methyl sites for hydroxylation is 1. The van der Waals surface area contributed by atoms with Crippen LogP contribution in [0.3, 0.4) is 0 Å². The van der Waals surface area contributed by atoms with Gasteiger partial charge in [-0.15, -0.1) is 0 Å². The summed E-state index contributed by atoms with van der Waals surface area (Å²) >= 11 is 0. The lowest BCUT2D eigenvalue weighted by Crippen LogP contribution is -2.09. The maximum atomic E-state index is 5.50. The minimum Gasteiger partial charge on any atom is -0.464 e. The van der Waals surface area contributed by atoms with Gasteiger partial charge in [-0.3, -0.25) is 0 Å². The second-order valence-corrected chi connectivity index (χ2v) is 4.00. The SMILES string of the molecule is Cc1ccc2c(CN(C)C)coc2c1. The van der Waals surface area contributed by atoms with Crippen LogP contribution in [0, 0.1) is 6.92 Å². The molecule has 0 fully saturated rings. The van der Waals surface area contributed by atoms with Gasteiger partial charge in [-0.1, -0.05) is 12.1 Å². The van der Waals surface area contributed by atoms with Crippen molar-refractivity contribution in [2.75, 3.05) is 14.1 Å². The molecule has 1 aromatic carbocycles. The van der Waals surface area contributed by atoms with E-state index in [1.54, 1.807) is 0 Å². The van der Waals surface area contributed by atoms with Gasteiger partial charge >= 0.3 is 0 Å². The largest absolute Gasteiger partial charge is 0.464 e. The molecule has 0 amide bonds. The van der Waals surface area contributed by atoms with Gasteiger partial charge in [-0.05, 0) is 32.6 Å². The molecule has 0 unspecified atom stereocenters. The average molecular weight is 189 g/mol. The number of furan rings is 1. The van der Waals surface area contributed by atoms with E-state index >= 15 is 0 Å². The Balaban J connectivity index is 2.47. The molecule has 0 aliphatic rings. The lowest BCUT2D eigenvalue weighted by Gasteiger charge is -2.06. The van der Waals surface area contributed by atoms with Gasteiger partial charge in [0.15, 0.2) is 0 Å². The van der Waals surface area contributed by atoms with E-state index in [4.69, 9.17) is 4.42 Å². The fraction of sp³-hybridized carbons (Fsp3) is 0.333. The van der Waals surface area contributed by atoms with Gasteiger partial charge in [0.05, 0.1) is 6.26 Å². The van der Waals surface area contributed by atoms with Gasteiger partial charge in [0, 0.05) is 17.5 Å². The van der Waals surface area contributed by atoms with Gasteiger partial charge in [-0.25, -0.2) is 0 Å². The first-order valence-electron chi connectivity index (χ1n) is 4.78. The first-order chi connectivity index (χ1) is 6.66. The minimum atomic E-state index is 0.927. The molecular formula is C12H15NO. The van der Waals surface area contributed by atoms with Crippen molar-refractivity contribution in [1.82, 2.24) is 4.90 Å². The van der Waals surface area contributed by atoms with Gasteiger partial charge in [0.1, 0.15) is 5.58 Å². The molecule has 74 valence electrons. The molecule has 0 aliphatic carbocycles. The van der Waals surface area contributed by atoms with Gasteiger partial charge in [0.2, 0.25) is 0 Å². The molecule has 0 bridgehead atoms. The zero-order valence-electron chi connectivity index (χ0n) is 8.87. The number of nitrogens with zero attached hydrogens (tertiary/aromatic N) is 1. The van der Waals surface area contributed by atoms with E-state index in [2.05, 4.69) is 44.1 Å². The van der Waals surface area contributed by atoms with E-state index in [0.717, 1.165) is 12.1 Å². The van der Waals surface area contributed by atoms with Gasteiger partial charge in [-0.2, -0.15) is 0 Å². The molecule has 0 radical (unpaired) electrons. The van der Waals surface area contributed by atoms with Gasteiger partial charge in [0.25, 0.3) is 0 Å². The Labute approximate surface area is 84.1 Å². The molecule has 2 aromatic rings. The summed E-state index contributed by atoms with van der Waals surface area (Å²) in [6, 6.07) is 6.33. The van der Waals surface area contributed by atoms with Crippen LogP contribution in [-0.4, -0.2) is 19.0 Å². The third kappa shape index (κ3) is 1.66. The highest BCUT2D eigenvalue weighted by atomic mass is 16.3. The van der Waals surface area contributed by atoms with Gasteiger partial charge < -0.3 is 9.32 Å². The summed E-state index contributed by atoms with van der Waals surface area (Å²) in [5.74, 6) is 0. The highest BCUT2D eigenvalue weighted by Gasteiger charge is 2.05. The normalized spacial score (nSPS) is 11.4. The minimum absolute atomic E-state index is 0.927. The lowest BCUT2D eigenvalue weighted by molar-refractivity contribution is 0.401. The number of rotatable bonds is 2. The van der Waals surface area contributed by atoms with Crippen molar-refractivity contribution in [3.63, 3.8) is 0 Å². The number of hydrogen-bond acceptors (Lipinski definition) is 2. The second kappa shape index (κ2) is 3.46. The molecule has 0 aliphatic heterocycles. The van der Waals surface area contributed by atoms with Crippen LogP contribution in [0.2, 0.25) is 0 Å². The quantitative estimate of drug-likeness (QED) is 0.722. The number of fused-ring (bicyclic) bond motifs is 1. The Morgan fingerprint density at radius 1 is 1.29 bits per heavy atom. The van der Waals surface area contributed by atoms with Crippen LogP contribution >= 0.6 is 0 Å². The summed E-state index contributed by atoms with van der Waals surface area (Å²) in [5, 5.41) is 1.23. The summed E-state index contributed by atoms with van der Waals surface area (Å²) in [6.45, 7) is 3.00. The zero-order chi connectivity index (χ0) is 10.1. The smallest absolute Gasteiger partial charge is 0.134 e. The van der Waals surface area contributed by atoms with E-state index in [0.29, 0.717) is 0 Å². The van der Waals surface area contributed by atoms with Crippen molar-refractivity contribution in [3.05, 3.63) is 35.6 Å². The Hall–Kier alpha value is -1.28. The van der Waals surface area contributed by atoms with E-state index in [9.17, 15) is 0 Å². The van der Waals surface area contributed by atoms with Crippen LogP contribution in [0.4, 0.5) is 0 Å². The maximum absolute atomic E-state index is 5.50. The molecule has 0 N–H and O–H groups in total. The molecule has 0 atom stereocenters. The number of benzene rings is 1. The topological polar surface area (TPSA) is 16.4 Å². The Kier molecular flexibility index (Phi) is 2.30. The van der Waals surface area contributed by atoms with Crippen LogP contribution in [0.15, 0.2) is 28.9 Å². The Morgan fingerprint density at radius 3 is 2.79 bits per heavy atom. The average Bonchev–Trinajstić information content (AvgIpc) is 2.47. The maximum Gasteiger partial charge on any atom is 0.134 e. The third-order valence-corrected chi connectivity index (χ3v) is 2.30. The van der Waals surface area contributed by atoms with Crippen molar-refractivity contribution in [2.24, 2.45) is 0 Å². The Bertz CT molecular complexity index is 443. The molecule has 2 nitrogen and oxygen atoms in total. The molecular weight excluding hydrogens is 174 g/mol. The lowest BCUT2D eigenvalue weighted by atomic mass is 10.1. The summed E-state index contributed by atoms with van der Waals surface area (Å²) in [7, 11) is 4.13. The van der Waals surface area contributed by atoms with Crippen molar-refractivity contribution < 1.29 is 4.42 Å². The molecule has 0 spiro atoms. The number of hydrogen-bond donors (Lipinski definition) is 0. The van der Waals surface area contributed by atoms with Crippen LogP contribution in [0.25, 0.3) is 11.0 Å². The molecule has 0 saturated heterocycles. The van der Waals surface area contributed by atoms with Crippen LogP contribution < -0.4 is 0 Å². The van der Waals surface area contributed by atoms with Crippen molar-refractivity contribution in [2.45, 2.75) is 13.5 Å². The summed E-state index contributed by atoms with van der Waals surface area (Å²) in [4.78, 5) is 2.14. The van der Waals surface area contributed by atoms with Crippen LogP contribution in [0.1, 0.15) is 11.1 Å². The molecule has 1 aromatic heterocycles. The highest BCUT2D eigenvalue weighted by Crippen LogP contribution is 2.22. The van der Waals surface area contributed by atoms with E-state index in [1.165, 1.54) is 16.5 Å². The van der Waals surface area contributed by atoms with E-state index in [-0.39, 0.29) is 0 Å². The zero-order valence-corrected chi connectivity index (χ0v) is 8.87. The first-order valence-corrected chi connectivity index (χ1v) is 4.78. The third-order valence-electron chi connectivity index (χ3n) is 2.30. The predicted octanol–water partition coefficient (Wildman–Crippen LogP) is 2.80. The second-order valence-electron chi connectivity index (χ2n) is 4.00. The van der Waals surface area contributed by atoms with Crippen molar-refractivity contribution in [1.29, 1.82) is 0 Å². The fourth-order valence-corrected chi connectivity index (χ4v) is 1.65. The predicted molar refractivity (Wildman–Crippen MR) is 58.3 cm³/mol. The Morgan fingerprint density at radius 2 is 2.07 bits per heavy atom. The van der Waals surface area contributed by atoms with E-state index in [1.807, 2.05) is 6.26 Å². The first kappa shape index (κ1) is 9.28. The molecule has 0 saturated carbocycles. The standard InChI is InChI=1S/C12H15NO/c1-9-4-5-11-10(7-13(2)3)8-14-12(11)6-9/h4-6,8H,7H2,1-3H3. The van der Waals surface area contributed by atoms with E-state index < -0.39 is 0 Å². The summed E-state index contributed by atoms with van der Waals surface area (Å²) in [5.41, 5.74) is 3.48. The molecule has 2 heteroatoms. The van der Waals surface area contributed by atoms with Crippen LogP contribution in [-0.2, 0) is 6.54 Å². The fourth-order valence-electron chi connectivity index (χ4n) is 1.65.